The third kappa shape index (κ3) is 3.42. The van der Waals surface area contributed by atoms with Crippen LogP contribution in [0.4, 0.5) is 11.4 Å². The van der Waals surface area contributed by atoms with Crippen LogP contribution in [0.15, 0.2) is 60.7 Å². The van der Waals surface area contributed by atoms with Crippen LogP contribution in [0.3, 0.4) is 0 Å². The van der Waals surface area contributed by atoms with Crippen molar-refractivity contribution in [2.45, 2.75) is 13.3 Å². The predicted octanol–water partition coefficient (Wildman–Crippen LogP) is 3.64. The number of para-hydroxylation sites is 2. The molecule has 2 aromatic carbocycles. The first-order valence-electron chi connectivity index (χ1n) is 6.46. The van der Waals surface area contributed by atoms with Crippen molar-refractivity contribution in [3.8, 4) is 0 Å². The van der Waals surface area contributed by atoms with Crippen LogP contribution in [-0.2, 0) is 4.79 Å². The summed E-state index contributed by atoms with van der Waals surface area (Å²) in [5, 5.41) is 3.13. The van der Waals surface area contributed by atoms with E-state index in [4.69, 9.17) is 12.2 Å². The lowest BCUT2D eigenvalue weighted by molar-refractivity contribution is -0.119. The van der Waals surface area contributed by atoms with Crippen molar-refractivity contribution in [3.63, 3.8) is 0 Å². The van der Waals surface area contributed by atoms with E-state index in [2.05, 4.69) is 5.32 Å². The van der Waals surface area contributed by atoms with Crippen LogP contribution in [-0.4, -0.2) is 11.0 Å². The van der Waals surface area contributed by atoms with Gasteiger partial charge < -0.3 is 5.32 Å². The molecule has 0 aromatic heterocycles. The molecular weight excluding hydrogens is 268 g/mol. The summed E-state index contributed by atoms with van der Waals surface area (Å²) in [4.78, 5) is 13.4. The van der Waals surface area contributed by atoms with Gasteiger partial charge in [-0.1, -0.05) is 43.3 Å². The smallest absolute Gasteiger partial charge is 0.225 e. The number of anilines is 2. The largest absolute Gasteiger partial charge is 0.302 e. The number of nitrogens with one attached hydrogen (secondary N) is 1. The Hall–Kier alpha value is -2.20. The summed E-state index contributed by atoms with van der Waals surface area (Å²) in [7, 11) is 0. The molecule has 0 aliphatic rings. The topological polar surface area (TPSA) is 32.3 Å². The van der Waals surface area contributed by atoms with Crippen LogP contribution in [0.25, 0.3) is 0 Å². The number of rotatable bonds is 3. The number of hydrogen-bond acceptors (Lipinski definition) is 2. The first-order valence-corrected chi connectivity index (χ1v) is 6.87. The van der Waals surface area contributed by atoms with E-state index >= 15 is 0 Å². The van der Waals surface area contributed by atoms with Gasteiger partial charge >= 0.3 is 0 Å². The summed E-state index contributed by atoms with van der Waals surface area (Å²) < 4.78 is 0. The highest BCUT2D eigenvalue weighted by atomic mass is 32.1. The second kappa shape index (κ2) is 6.82. The minimum atomic E-state index is -0.0909. The first kappa shape index (κ1) is 14.2. The van der Waals surface area contributed by atoms with Crippen LogP contribution >= 0.6 is 12.2 Å². The molecule has 0 atom stereocenters. The molecule has 0 aliphatic carbocycles. The second-order valence-corrected chi connectivity index (χ2v) is 4.60. The average Bonchev–Trinajstić information content (AvgIpc) is 2.49. The maximum Gasteiger partial charge on any atom is 0.225 e. The summed E-state index contributed by atoms with van der Waals surface area (Å²) in [6.45, 7) is 1.80. The van der Waals surface area contributed by atoms with E-state index in [1.807, 2.05) is 65.6 Å². The molecule has 0 aliphatic heterocycles. The normalized spacial score (nSPS) is 9.85. The van der Waals surface area contributed by atoms with Crippen LogP contribution in [0, 0.1) is 0 Å². The van der Waals surface area contributed by atoms with Gasteiger partial charge in [-0.05, 0) is 36.5 Å². The maximum absolute atomic E-state index is 11.6. The highest BCUT2D eigenvalue weighted by molar-refractivity contribution is 7.80. The number of carbonyl (C=O) groups is 1. The molecule has 1 N–H and O–H groups in total. The van der Waals surface area contributed by atoms with E-state index in [0.717, 1.165) is 11.4 Å². The van der Waals surface area contributed by atoms with Gasteiger partial charge in [0, 0.05) is 17.8 Å². The van der Waals surface area contributed by atoms with Gasteiger partial charge in [0.1, 0.15) is 0 Å². The fraction of sp³-hybridized carbons (Fsp3) is 0.125. The standard InChI is InChI=1S/C16H16N2OS/c1-2-15(19)17-16(20)18(13-9-5-3-6-10-13)14-11-7-4-8-12-14/h3-12H,2H2,1H3,(H,17,19,20). The first-order chi connectivity index (χ1) is 9.72. The fourth-order valence-electron chi connectivity index (χ4n) is 1.80. The molecule has 102 valence electrons. The van der Waals surface area contributed by atoms with Gasteiger partial charge in [-0.15, -0.1) is 0 Å². The van der Waals surface area contributed by atoms with Crippen molar-refractivity contribution in [2.24, 2.45) is 0 Å². The molecule has 0 spiro atoms. The highest BCUT2D eigenvalue weighted by Crippen LogP contribution is 2.24. The third-order valence-electron chi connectivity index (χ3n) is 2.80. The van der Waals surface area contributed by atoms with Crippen LogP contribution in [0.1, 0.15) is 13.3 Å². The summed E-state index contributed by atoms with van der Waals surface area (Å²) in [5.41, 5.74) is 1.83. The SMILES string of the molecule is CCC(=O)NC(=S)N(c1ccccc1)c1ccccc1. The lowest BCUT2D eigenvalue weighted by Gasteiger charge is -2.25. The van der Waals surface area contributed by atoms with Gasteiger partial charge in [0.25, 0.3) is 0 Å². The fourth-order valence-corrected chi connectivity index (χ4v) is 2.13. The number of amides is 1. The van der Waals surface area contributed by atoms with Gasteiger partial charge in [-0.25, -0.2) is 0 Å². The van der Waals surface area contributed by atoms with Gasteiger partial charge in [-0.2, -0.15) is 0 Å². The van der Waals surface area contributed by atoms with Crippen molar-refractivity contribution in [3.05, 3.63) is 60.7 Å². The van der Waals surface area contributed by atoms with E-state index in [0.29, 0.717) is 11.5 Å². The second-order valence-electron chi connectivity index (χ2n) is 4.21. The lowest BCUT2D eigenvalue weighted by Crippen LogP contribution is -2.39. The van der Waals surface area contributed by atoms with Gasteiger partial charge in [0.05, 0.1) is 0 Å². The van der Waals surface area contributed by atoms with E-state index < -0.39 is 0 Å². The van der Waals surface area contributed by atoms with Crippen LogP contribution in [0.2, 0.25) is 0 Å². The maximum atomic E-state index is 11.6. The third-order valence-corrected chi connectivity index (χ3v) is 3.08. The minimum absolute atomic E-state index is 0.0909. The monoisotopic (exact) mass is 284 g/mol. The Labute approximate surface area is 124 Å². The minimum Gasteiger partial charge on any atom is -0.302 e. The summed E-state index contributed by atoms with van der Waals surface area (Å²) in [5.74, 6) is -0.0909. The van der Waals surface area contributed by atoms with Crippen molar-refractivity contribution in [2.75, 3.05) is 4.90 Å². The zero-order valence-corrected chi connectivity index (χ0v) is 12.1. The van der Waals surface area contributed by atoms with E-state index in [1.165, 1.54) is 0 Å². The lowest BCUT2D eigenvalue weighted by atomic mass is 10.2. The van der Waals surface area contributed by atoms with Crippen molar-refractivity contribution < 1.29 is 4.79 Å². The molecule has 20 heavy (non-hydrogen) atoms. The van der Waals surface area contributed by atoms with Gasteiger partial charge in [0.15, 0.2) is 5.11 Å². The van der Waals surface area contributed by atoms with Gasteiger partial charge in [-0.3, -0.25) is 9.69 Å². The Balaban J connectivity index is 2.35. The number of nitrogens with zero attached hydrogens (tertiary/aromatic N) is 1. The molecule has 2 rings (SSSR count). The van der Waals surface area contributed by atoms with E-state index in [1.54, 1.807) is 6.92 Å². The van der Waals surface area contributed by atoms with Crippen molar-refractivity contribution in [1.29, 1.82) is 0 Å². The predicted molar refractivity (Wildman–Crippen MR) is 86.1 cm³/mol. The summed E-state index contributed by atoms with van der Waals surface area (Å²) >= 11 is 5.38. The molecule has 0 saturated heterocycles. The summed E-state index contributed by atoms with van der Waals surface area (Å²) in [6.07, 6.45) is 0.400. The Morgan fingerprint density at radius 2 is 1.45 bits per heavy atom. The quantitative estimate of drug-likeness (QED) is 0.873. The van der Waals surface area contributed by atoms with E-state index in [9.17, 15) is 4.79 Å². The molecule has 3 nitrogen and oxygen atoms in total. The Bertz CT molecular complexity index is 544. The number of thiocarbonyl (C=S) groups is 1. The average molecular weight is 284 g/mol. The number of benzene rings is 2. The van der Waals surface area contributed by atoms with Crippen LogP contribution < -0.4 is 10.2 Å². The van der Waals surface area contributed by atoms with Crippen molar-refractivity contribution in [1.82, 2.24) is 5.32 Å². The number of hydrogen-bond donors (Lipinski definition) is 1. The summed E-state index contributed by atoms with van der Waals surface area (Å²) in [6, 6.07) is 19.5. The molecule has 0 radical (unpaired) electrons. The van der Waals surface area contributed by atoms with Gasteiger partial charge in [0.2, 0.25) is 5.91 Å². The molecule has 1 amide bonds. The zero-order chi connectivity index (χ0) is 14.4. The Kier molecular flexibility index (Phi) is 4.85. The molecule has 0 unspecified atom stereocenters. The Morgan fingerprint density at radius 1 is 1.00 bits per heavy atom. The molecule has 4 heteroatoms. The van der Waals surface area contributed by atoms with E-state index in [-0.39, 0.29) is 5.91 Å². The van der Waals surface area contributed by atoms with Crippen molar-refractivity contribution >= 4 is 34.6 Å². The molecule has 0 saturated carbocycles. The molecule has 0 heterocycles. The molecule has 0 bridgehead atoms. The number of carbonyl (C=O) groups excluding carboxylic acids is 1. The zero-order valence-electron chi connectivity index (χ0n) is 11.2. The Morgan fingerprint density at radius 3 is 1.85 bits per heavy atom. The molecule has 2 aromatic rings. The van der Waals surface area contributed by atoms with Crippen LogP contribution in [0.5, 0.6) is 0 Å². The highest BCUT2D eigenvalue weighted by Gasteiger charge is 2.15. The molecular formula is C16H16N2OS. The molecule has 0 fully saturated rings.